The van der Waals surface area contributed by atoms with Gasteiger partial charge in [-0.25, -0.2) is 14.4 Å². The second-order valence-electron chi connectivity index (χ2n) is 19.7. The van der Waals surface area contributed by atoms with Crippen molar-refractivity contribution in [3.05, 3.63) is 138 Å². The summed E-state index contributed by atoms with van der Waals surface area (Å²) < 4.78 is 28.8. The molecule has 1 heterocycles. The van der Waals surface area contributed by atoms with E-state index in [0.717, 1.165) is 28.3 Å². The van der Waals surface area contributed by atoms with Gasteiger partial charge in [0.05, 0.1) is 19.3 Å². The normalized spacial score (nSPS) is 17.6. The van der Waals surface area contributed by atoms with E-state index < -0.39 is 79.5 Å². The maximum atomic E-state index is 14.8. The number of benzene rings is 4. The zero-order chi connectivity index (χ0) is 49.4. The summed E-state index contributed by atoms with van der Waals surface area (Å²) in [6.07, 6.45) is 0.291. The van der Waals surface area contributed by atoms with Crippen LogP contribution in [-0.2, 0) is 44.5 Å². The molecular formula is C53H65N3O11Si. The molecule has 4 aromatic carbocycles. The molecule has 6 atom stereocenters. The van der Waals surface area contributed by atoms with Crippen molar-refractivity contribution in [1.82, 2.24) is 15.5 Å². The van der Waals surface area contributed by atoms with Crippen molar-refractivity contribution in [1.29, 1.82) is 0 Å². The zero-order valence-corrected chi connectivity index (χ0v) is 41.4. The fourth-order valence-corrected chi connectivity index (χ4v) is 8.66. The third-order valence-electron chi connectivity index (χ3n) is 12.0. The van der Waals surface area contributed by atoms with E-state index in [1.54, 1.807) is 75.4 Å². The predicted octanol–water partition coefficient (Wildman–Crippen LogP) is 7.52. The van der Waals surface area contributed by atoms with Gasteiger partial charge in [-0.05, 0) is 92.3 Å². The first-order valence-corrected chi connectivity index (χ1v) is 26.8. The molecule has 0 radical (unpaired) electrons. The Kier molecular flexibility index (Phi) is 16.4. The van der Waals surface area contributed by atoms with Crippen molar-refractivity contribution in [3.8, 4) is 16.9 Å². The molecule has 1 saturated heterocycles. The summed E-state index contributed by atoms with van der Waals surface area (Å²) in [6, 6.07) is 28.2. The number of amides is 3. The van der Waals surface area contributed by atoms with Crippen LogP contribution in [-0.4, -0.2) is 110 Å². The Bertz CT molecular complexity index is 2400. The quantitative estimate of drug-likeness (QED) is 0.0262. The van der Waals surface area contributed by atoms with E-state index in [1.165, 1.54) is 24.9 Å². The Morgan fingerprint density at radius 3 is 2.00 bits per heavy atom. The zero-order valence-electron chi connectivity index (χ0n) is 40.4. The number of likely N-dealkylation sites (N-methyl/N-ethyl adjacent to an activating group) is 1. The van der Waals surface area contributed by atoms with Gasteiger partial charge >= 0.3 is 18.0 Å². The van der Waals surface area contributed by atoms with Gasteiger partial charge in [-0.3, -0.25) is 9.59 Å². The largest absolute Gasteiger partial charge is 0.487 e. The van der Waals surface area contributed by atoms with Gasteiger partial charge in [0.25, 0.3) is 0 Å². The highest BCUT2D eigenvalue weighted by Gasteiger charge is 2.49. The van der Waals surface area contributed by atoms with Gasteiger partial charge < -0.3 is 44.3 Å². The molecule has 1 fully saturated rings. The number of nitrogens with zero attached hydrogens (tertiary/aromatic N) is 1. The van der Waals surface area contributed by atoms with E-state index in [4.69, 9.17) is 23.7 Å². The van der Waals surface area contributed by atoms with Crippen LogP contribution in [0, 0.1) is 0 Å². The van der Waals surface area contributed by atoms with E-state index in [2.05, 4.69) is 30.3 Å². The molecule has 14 nitrogen and oxygen atoms in total. The van der Waals surface area contributed by atoms with Crippen molar-refractivity contribution in [2.45, 2.75) is 114 Å². The van der Waals surface area contributed by atoms with Crippen LogP contribution in [0.15, 0.2) is 115 Å². The minimum atomic E-state index is -1.48. The van der Waals surface area contributed by atoms with E-state index in [9.17, 15) is 29.1 Å². The lowest BCUT2D eigenvalue weighted by Gasteiger charge is -2.33. The lowest BCUT2D eigenvalue weighted by Crippen LogP contribution is -2.57. The average molecular weight is 948 g/mol. The standard InChI is InChI=1S/C53H65N3O11Si/c1-34(57)46(50(61)64-32-43-41-21-15-13-19-39(41)40-20-14-16-22-42(40)43)54-48(59)44(31-36-17-11-10-12-18-36)56(6)49(60)47(55-51(62)67-52(3,4)5)37-23-25-38(26-24-37)66-35(2)53(33-65-53)28-27-45(58)63-29-30-68(7,8)9/h10-28,34-35,43-44,46-47,57H,29-33H2,1-9H3,(H,54,59)(H,55,62)/b28-27+/t34-,35-,44+,46-,47+,53+/m1/s1. The fraction of sp³-hybridized carbons (Fsp3) is 0.415. The van der Waals surface area contributed by atoms with Gasteiger partial charge in [0, 0.05) is 33.5 Å². The number of esters is 2. The molecule has 362 valence electrons. The van der Waals surface area contributed by atoms with Crippen molar-refractivity contribution >= 4 is 37.9 Å². The Balaban J connectivity index is 1.19. The molecule has 68 heavy (non-hydrogen) atoms. The van der Waals surface area contributed by atoms with Crippen LogP contribution in [0.1, 0.15) is 68.8 Å². The van der Waals surface area contributed by atoms with E-state index >= 15 is 0 Å². The highest BCUT2D eigenvalue weighted by molar-refractivity contribution is 6.76. The number of fused-ring (bicyclic) bond motifs is 3. The smallest absolute Gasteiger partial charge is 0.408 e. The first-order chi connectivity index (χ1) is 32.1. The van der Waals surface area contributed by atoms with E-state index in [0.29, 0.717) is 30.1 Å². The maximum Gasteiger partial charge on any atom is 0.408 e. The summed E-state index contributed by atoms with van der Waals surface area (Å²) >= 11 is 0. The second kappa shape index (κ2) is 21.8. The number of hydrogen-bond acceptors (Lipinski definition) is 11. The number of aliphatic hydroxyl groups is 1. The number of epoxide rings is 1. The van der Waals surface area contributed by atoms with Gasteiger partial charge in [-0.15, -0.1) is 0 Å². The molecule has 0 aromatic heterocycles. The van der Waals surface area contributed by atoms with Gasteiger partial charge in [0.1, 0.15) is 41.7 Å². The van der Waals surface area contributed by atoms with Crippen LogP contribution in [0.25, 0.3) is 11.1 Å². The number of carbonyl (C=O) groups excluding carboxylic acids is 5. The summed E-state index contributed by atoms with van der Waals surface area (Å²) in [5, 5.41) is 16.3. The summed E-state index contributed by atoms with van der Waals surface area (Å²) in [5.41, 5.74) is 3.44. The van der Waals surface area contributed by atoms with Gasteiger partial charge in [-0.2, -0.15) is 0 Å². The number of ether oxygens (including phenoxy) is 5. The van der Waals surface area contributed by atoms with Crippen LogP contribution in [0.5, 0.6) is 5.75 Å². The van der Waals surface area contributed by atoms with Crippen molar-refractivity contribution in [2.24, 2.45) is 0 Å². The number of rotatable bonds is 20. The minimum Gasteiger partial charge on any atom is -0.487 e. The summed E-state index contributed by atoms with van der Waals surface area (Å²) in [5.74, 6) is -2.52. The molecule has 15 heteroatoms. The minimum absolute atomic E-state index is 0.0183. The predicted molar refractivity (Wildman–Crippen MR) is 261 cm³/mol. The Morgan fingerprint density at radius 1 is 0.853 bits per heavy atom. The summed E-state index contributed by atoms with van der Waals surface area (Å²) in [4.78, 5) is 70.1. The highest BCUT2D eigenvalue weighted by Crippen LogP contribution is 2.44. The molecule has 4 aromatic rings. The van der Waals surface area contributed by atoms with Gasteiger partial charge in [0.15, 0.2) is 6.04 Å². The van der Waals surface area contributed by atoms with Crippen LogP contribution in [0.2, 0.25) is 25.7 Å². The second-order valence-corrected chi connectivity index (χ2v) is 25.3. The Hall–Kier alpha value is -6.29. The Labute approximate surface area is 400 Å². The molecule has 1 aliphatic carbocycles. The summed E-state index contributed by atoms with van der Waals surface area (Å²) in [7, 11) is 0.0755. The average Bonchev–Trinajstić information content (AvgIpc) is 4.02. The molecule has 0 bridgehead atoms. The number of alkyl carbamates (subject to hydrolysis) is 1. The molecule has 2 aliphatic rings. The van der Waals surface area contributed by atoms with E-state index in [1.807, 2.05) is 61.5 Å². The molecule has 3 amide bonds. The molecule has 0 unspecified atom stereocenters. The van der Waals surface area contributed by atoms with Crippen LogP contribution >= 0.6 is 0 Å². The van der Waals surface area contributed by atoms with Crippen molar-refractivity contribution in [2.75, 3.05) is 26.9 Å². The molecule has 3 N–H and O–H groups in total. The molecule has 0 saturated carbocycles. The molecule has 1 aliphatic heterocycles. The number of nitrogens with one attached hydrogen (secondary N) is 2. The van der Waals surface area contributed by atoms with Gasteiger partial charge in [-0.1, -0.05) is 111 Å². The number of carbonyl (C=O) groups is 5. The van der Waals surface area contributed by atoms with Crippen molar-refractivity contribution < 1.29 is 52.8 Å². The monoisotopic (exact) mass is 947 g/mol. The third-order valence-corrected chi connectivity index (χ3v) is 13.7. The first-order valence-electron chi connectivity index (χ1n) is 23.0. The fourth-order valence-electron chi connectivity index (χ4n) is 7.94. The van der Waals surface area contributed by atoms with Crippen LogP contribution < -0.4 is 15.4 Å². The molecule has 6 rings (SSSR count). The van der Waals surface area contributed by atoms with Gasteiger partial charge in [0.2, 0.25) is 11.8 Å². The number of aliphatic hydroxyl groups excluding tert-OH is 1. The van der Waals surface area contributed by atoms with Crippen LogP contribution in [0.3, 0.4) is 0 Å². The lowest BCUT2D eigenvalue weighted by atomic mass is 9.98. The SMILES string of the molecule is C[C@@H](O)[C@@H](NC(=O)[C@H](Cc1ccccc1)N(C)C(=O)[C@@H](NC(=O)OC(C)(C)C)c1ccc(O[C@H](C)[C@]2(/C=C/C(=O)OCC[Si](C)(C)C)CO2)cc1)C(=O)OCC1c2ccccc2-c2ccccc21. The van der Waals surface area contributed by atoms with E-state index in [-0.39, 0.29) is 18.9 Å². The Morgan fingerprint density at radius 2 is 1.44 bits per heavy atom. The lowest BCUT2D eigenvalue weighted by molar-refractivity contribution is -0.152. The number of hydrogen-bond donors (Lipinski definition) is 3. The summed E-state index contributed by atoms with van der Waals surface area (Å²) in [6.45, 7) is 15.6. The topological polar surface area (TPSA) is 182 Å². The maximum absolute atomic E-state index is 14.8. The third kappa shape index (κ3) is 13.4. The van der Waals surface area contributed by atoms with Crippen LogP contribution in [0.4, 0.5) is 4.79 Å². The first kappa shape index (κ1) is 51.1. The molecular weight excluding hydrogens is 883 g/mol. The molecule has 0 spiro atoms. The van der Waals surface area contributed by atoms with Crippen molar-refractivity contribution in [3.63, 3.8) is 0 Å². The highest BCUT2D eigenvalue weighted by atomic mass is 28.3.